The predicted octanol–water partition coefficient (Wildman–Crippen LogP) is 2.00. The number of carbonyl (C=O) groups excluding carboxylic acids is 2. The molecule has 0 spiro atoms. The topological polar surface area (TPSA) is 88.8 Å². The Bertz CT molecular complexity index is 701. The third-order valence-electron chi connectivity index (χ3n) is 6.61. The molecule has 0 bridgehead atoms. The van der Waals surface area contributed by atoms with Crippen LogP contribution in [0.1, 0.15) is 63.1 Å². The number of nitrogens with zero attached hydrogens (tertiary/aromatic N) is 4. The minimum absolute atomic E-state index is 0.0295. The molecular weight excluding hydrogens is 372 g/mol. The van der Waals surface area contributed by atoms with E-state index in [1.807, 2.05) is 9.80 Å². The number of aromatic nitrogens is 2. The lowest BCUT2D eigenvalue weighted by atomic mass is 9.91. The summed E-state index contributed by atoms with van der Waals surface area (Å²) >= 11 is 0. The van der Waals surface area contributed by atoms with Crippen LogP contribution in [0.3, 0.4) is 0 Å². The fourth-order valence-corrected chi connectivity index (χ4v) is 4.64. The summed E-state index contributed by atoms with van der Waals surface area (Å²) in [5, 5.41) is 4.07. The number of piperidine rings is 1. The van der Waals surface area contributed by atoms with E-state index in [-0.39, 0.29) is 23.7 Å². The molecule has 160 valence electrons. The second kappa shape index (κ2) is 9.24. The lowest BCUT2D eigenvalue weighted by molar-refractivity contribution is -0.144. The first kappa shape index (κ1) is 20.3. The second-order valence-corrected chi connectivity index (χ2v) is 8.74. The van der Waals surface area contributed by atoms with E-state index >= 15 is 0 Å². The molecule has 1 aromatic rings. The molecule has 0 atom stereocenters. The molecule has 2 saturated heterocycles. The summed E-state index contributed by atoms with van der Waals surface area (Å²) < 4.78 is 11.2. The molecule has 8 heteroatoms. The first-order valence-electron chi connectivity index (χ1n) is 11.0. The summed E-state index contributed by atoms with van der Waals surface area (Å²) in [4.78, 5) is 32.3. The summed E-state index contributed by atoms with van der Waals surface area (Å²) in [5.41, 5.74) is 0. The molecule has 4 rings (SSSR count). The van der Waals surface area contributed by atoms with E-state index in [1.165, 1.54) is 25.7 Å². The maximum Gasteiger partial charge on any atom is 0.233 e. The number of carbonyl (C=O) groups is 2. The van der Waals surface area contributed by atoms with Crippen molar-refractivity contribution in [3.63, 3.8) is 0 Å². The van der Waals surface area contributed by atoms with Gasteiger partial charge in [0, 0.05) is 52.0 Å². The first-order valence-corrected chi connectivity index (χ1v) is 11.0. The van der Waals surface area contributed by atoms with Crippen molar-refractivity contribution in [2.75, 3.05) is 39.4 Å². The van der Waals surface area contributed by atoms with Gasteiger partial charge in [0.2, 0.25) is 17.7 Å². The fourth-order valence-electron chi connectivity index (χ4n) is 4.64. The number of rotatable bonds is 7. The molecule has 0 unspecified atom stereocenters. The van der Waals surface area contributed by atoms with Crippen LogP contribution in [0.25, 0.3) is 0 Å². The molecule has 3 aliphatic rings. The van der Waals surface area contributed by atoms with Gasteiger partial charge in [0.05, 0.1) is 12.5 Å². The number of likely N-dealkylation sites (tertiary alicyclic amines) is 2. The van der Waals surface area contributed by atoms with Gasteiger partial charge in [0.25, 0.3) is 0 Å². The third-order valence-corrected chi connectivity index (χ3v) is 6.61. The highest BCUT2D eigenvalue weighted by molar-refractivity contribution is 5.80. The third kappa shape index (κ3) is 4.97. The van der Waals surface area contributed by atoms with Crippen LogP contribution >= 0.6 is 0 Å². The van der Waals surface area contributed by atoms with Crippen molar-refractivity contribution in [2.45, 2.75) is 57.8 Å². The van der Waals surface area contributed by atoms with Crippen molar-refractivity contribution in [3.8, 4) is 0 Å². The fraction of sp³-hybridized carbons (Fsp3) is 0.810. The van der Waals surface area contributed by atoms with Gasteiger partial charge in [-0.2, -0.15) is 4.98 Å². The van der Waals surface area contributed by atoms with Gasteiger partial charge in [0.15, 0.2) is 5.82 Å². The molecule has 3 heterocycles. The molecule has 3 fully saturated rings. The zero-order chi connectivity index (χ0) is 20.2. The van der Waals surface area contributed by atoms with Crippen LogP contribution < -0.4 is 0 Å². The highest BCUT2D eigenvalue weighted by atomic mass is 16.5. The molecule has 0 aromatic carbocycles. The summed E-state index contributed by atoms with van der Waals surface area (Å²) in [6.45, 7) is 5.71. The predicted molar refractivity (Wildman–Crippen MR) is 105 cm³/mol. The quantitative estimate of drug-likeness (QED) is 0.646. The van der Waals surface area contributed by atoms with Gasteiger partial charge in [0.1, 0.15) is 0 Å². The normalized spacial score (nSPS) is 21.6. The van der Waals surface area contributed by atoms with Crippen LogP contribution in [0, 0.1) is 11.8 Å². The molecule has 1 aromatic heterocycles. The van der Waals surface area contributed by atoms with E-state index in [2.05, 4.69) is 10.1 Å². The van der Waals surface area contributed by atoms with Gasteiger partial charge < -0.3 is 19.1 Å². The molecule has 1 aliphatic carbocycles. The first-order chi connectivity index (χ1) is 14.1. The Labute approximate surface area is 171 Å². The van der Waals surface area contributed by atoms with Crippen LogP contribution in [0.5, 0.6) is 0 Å². The van der Waals surface area contributed by atoms with Gasteiger partial charge in [-0.05, 0) is 31.6 Å². The van der Waals surface area contributed by atoms with Crippen LogP contribution in [0.4, 0.5) is 0 Å². The number of hydrogen-bond donors (Lipinski definition) is 0. The zero-order valence-electron chi connectivity index (χ0n) is 17.3. The Morgan fingerprint density at radius 2 is 1.83 bits per heavy atom. The van der Waals surface area contributed by atoms with E-state index < -0.39 is 0 Å². The van der Waals surface area contributed by atoms with Crippen molar-refractivity contribution in [1.29, 1.82) is 0 Å². The van der Waals surface area contributed by atoms with Gasteiger partial charge in [-0.3, -0.25) is 9.59 Å². The Kier molecular flexibility index (Phi) is 6.47. The van der Waals surface area contributed by atoms with Crippen molar-refractivity contribution >= 4 is 11.8 Å². The number of amides is 2. The van der Waals surface area contributed by atoms with E-state index in [1.54, 1.807) is 6.92 Å². The lowest BCUT2D eigenvalue weighted by Gasteiger charge is -2.41. The zero-order valence-corrected chi connectivity index (χ0v) is 17.3. The van der Waals surface area contributed by atoms with Crippen LogP contribution in [0.2, 0.25) is 0 Å². The number of hydrogen-bond acceptors (Lipinski definition) is 6. The van der Waals surface area contributed by atoms with Crippen LogP contribution in [0.15, 0.2) is 4.52 Å². The molecule has 29 heavy (non-hydrogen) atoms. The Morgan fingerprint density at radius 1 is 1.10 bits per heavy atom. The summed E-state index contributed by atoms with van der Waals surface area (Å²) in [7, 11) is 0. The van der Waals surface area contributed by atoms with Crippen molar-refractivity contribution in [3.05, 3.63) is 11.7 Å². The van der Waals surface area contributed by atoms with Crippen molar-refractivity contribution in [1.82, 2.24) is 19.9 Å². The molecule has 2 amide bonds. The van der Waals surface area contributed by atoms with E-state index in [9.17, 15) is 9.59 Å². The molecule has 8 nitrogen and oxygen atoms in total. The maximum absolute atomic E-state index is 12.7. The number of ether oxygens (including phenoxy) is 1. The standard InChI is InChI=1S/C21H32N4O4/c1-15(26)24-9-6-17(7-10-24)21(27)25-12-18(13-25)20-22-19(23-29-20)8-11-28-14-16-4-2-3-5-16/h16-18H,2-14H2,1H3. The second-order valence-electron chi connectivity index (χ2n) is 8.74. The Hall–Kier alpha value is -1.96. The average molecular weight is 405 g/mol. The molecule has 0 radical (unpaired) electrons. The van der Waals surface area contributed by atoms with Crippen LogP contribution in [-0.2, 0) is 20.7 Å². The van der Waals surface area contributed by atoms with E-state index in [0.717, 1.165) is 25.4 Å². The SMILES string of the molecule is CC(=O)N1CCC(C(=O)N2CC(c3nc(CCOCC4CCCC4)no3)C2)CC1. The van der Waals surface area contributed by atoms with E-state index in [4.69, 9.17) is 9.26 Å². The van der Waals surface area contributed by atoms with E-state index in [0.29, 0.717) is 50.9 Å². The Balaban J connectivity index is 1.15. The Morgan fingerprint density at radius 3 is 2.52 bits per heavy atom. The van der Waals surface area contributed by atoms with Gasteiger partial charge in [-0.1, -0.05) is 18.0 Å². The lowest BCUT2D eigenvalue weighted by Crippen LogP contribution is -2.52. The maximum atomic E-state index is 12.7. The summed E-state index contributed by atoms with van der Waals surface area (Å²) in [5.74, 6) is 2.50. The highest BCUT2D eigenvalue weighted by Gasteiger charge is 2.39. The largest absolute Gasteiger partial charge is 0.381 e. The van der Waals surface area contributed by atoms with Gasteiger partial charge in [-0.25, -0.2) is 0 Å². The minimum Gasteiger partial charge on any atom is -0.381 e. The van der Waals surface area contributed by atoms with Crippen LogP contribution in [-0.4, -0.2) is 71.1 Å². The smallest absolute Gasteiger partial charge is 0.233 e. The van der Waals surface area contributed by atoms with Gasteiger partial charge >= 0.3 is 0 Å². The van der Waals surface area contributed by atoms with Gasteiger partial charge in [-0.15, -0.1) is 0 Å². The van der Waals surface area contributed by atoms with Crippen molar-refractivity contribution in [2.24, 2.45) is 11.8 Å². The molecule has 2 aliphatic heterocycles. The monoisotopic (exact) mass is 404 g/mol. The highest BCUT2D eigenvalue weighted by Crippen LogP contribution is 2.30. The summed E-state index contributed by atoms with van der Waals surface area (Å²) in [6.07, 6.45) is 7.43. The molecular formula is C21H32N4O4. The summed E-state index contributed by atoms with van der Waals surface area (Å²) in [6, 6.07) is 0. The molecule has 0 N–H and O–H groups in total. The minimum atomic E-state index is 0.0295. The van der Waals surface area contributed by atoms with Crippen molar-refractivity contribution < 1.29 is 18.8 Å². The average Bonchev–Trinajstić information content (AvgIpc) is 3.36. The molecule has 1 saturated carbocycles.